The number of ether oxygens (including phenoxy) is 1. The molecule has 1 fully saturated rings. The molecule has 2 aliphatic rings. The Kier molecular flexibility index (Phi) is 2.12. The second-order valence-electron chi connectivity index (χ2n) is 4.22. The van der Waals surface area contributed by atoms with Crippen LogP contribution in [0.4, 0.5) is 0 Å². The Balaban J connectivity index is 2.00. The van der Waals surface area contributed by atoms with Gasteiger partial charge in [-0.25, -0.2) is 4.79 Å². The van der Waals surface area contributed by atoms with Crippen molar-refractivity contribution in [1.29, 1.82) is 0 Å². The molecule has 3 atom stereocenters. The minimum Gasteiger partial charge on any atom is -0.391 e. The molecule has 0 radical (unpaired) electrons. The maximum Gasteiger partial charge on any atom is 0.343 e. The lowest BCUT2D eigenvalue weighted by Crippen LogP contribution is -2.27. The highest BCUT2D eigenvalue weighted by atomic mass is 16.6. The largest absolute Gasteiger partial charge is 0.391 e. The van der Waals surface area contributed by atoms with Crippen molar-refractivity contribution >= 4 is 18.0 Å². The maximum atomic E-state index is 11.6. The number of carbonyl (C=O) groups is 2. The summed E-state index contributed by atoms with van der Waals surface area (Å²) in [6, 6.07) is 7.59. The molecular formula is C13H10O4. The standard InChI is InChI=1S/C13H10O4/c14-11-10(12(15)17-13(11)16)9-6-5-7-3-1-2-4-8(7)9/h1-6,9-11,14H. The Morgan fingerprint density at radius 1 is 1.12 bits per heavy atom. The molecule has 0 aromatic heterocycles. The molecule has 3 unspecified atom stereocenters. The van der Waals surface area contributed by atoms with Crippen molar-refractivity contribution in [3.8, 4) is 0 Å². The summed E-state index contributed by atoms with van der Waals surface area (Å²) in [5.74, 6) is -2.59. The van der Waals surface area contributed by atoms with Gasteiger partial charge in [0.1, 0.15) is 5.92 Å². The van der Waals surface area contributed by atoms with Crippen LogP contribution in [-0.2, 0) is 14.3 Å². The highest BCUT2D eigenvalue weighted by Crippen LogP contribution is 2.39. The Morgan fingerprint density at radius 2 is 1.88 bits per heavy atom. The van der Waals surface area contributed by atoms with Crippen LogP contribution in [-0.4, -0.2) is 23.1 Å². The number of allylic oxidation sites excluding steroid dienone is 1. The van der Waals surface area contributed by atoms with E-state index in [1.165, 1.54) is 0 Å². The smallest absolute Gasteiger partial charge is 0.343 e. The fourth-order valence-corrected chi connectivity index (χ4v) is 2.44. The lowest BCUT2D eigenvalue weighted by Gasteiger charge is -2.16. The lowest BCUT2D eigenvalue weighted by atomic mass is 9.85. The molecule has 1 aliphatic heterocycles. The van der Waals surface area contributed by atoms with Crippen LogP contribution in [0.5, 0.6) is 0 Å². The monoisotopic (exact) mass is 230 g/mol. The van der Waals surface area contributed by atoms with Gasteiger partial charge in [0.05, 0.1) is 0 Å². The van der Waals surface area contributed by atoms with Crippen LogP contribution in [0, 0.1) is 5.92 Å². The van der Waals surface area contributed by atoms with E-state index in [9.17, 15) is 14.7 Å². The summed E-state index contributed by atoms with van der Waals surface area (Å²) in [7, 11) is 0. The van der Waals surface area contributed by atoms with E-state index in [4.69, 9.17) is 0 Å². The number of carbonyl (C=O) groups excluding carboxylic acids is 2. The molecule has 0 bridgehead atoms. The molecule has 1 aromatic rings. The minimum absolute atomic E-state index is 0.278. The van der Waals surface area contributed by atoms with E-state index in [0.29, 0.717) is 0 Å². The van der Waals surface area contributed by atoms with Gasteiger partial charge < -0.3 is 9.84 Å². The van der Waals surface area contributed by atoms with E-state index >= 15 is 0 Å². The van der Waals surface area contributed by atoms with Crippen molar-refractivity contribution in [3.05, 3.63) is 41.5 Å². The summed E-state index contributed by atoms with van der Waals surface area (Å²) in [5, 5.41) is 9.68. The van der Waals surface area contributed by atoms with Gasteiger partial charge >= 0.3 is 11.9 Å². The topological polar surface area (TPSA) is 63.6 Å². The predicted octanol–water partition coefficient (Wildman–Crippen LogP) is 0.857. The Morgan fingerprint density at radius 3 is 2.59 bits per heavy atom. The average Bonchev–Trinajstić information content (AvgIpc) is 2.82. The normalized spacial score (nSPS) is 30.5. The number of rotatable bonds is 1. The van der Waals surface area contributed by atoms with Gasteiger partial charge in [0, 0.05) is 5.92 Å². The zero-order valence-electron chi connectivity index (χ0n) is 8.87. The Labute approximate surface area is 97.5 Å². The van der Waals surface area contributed by atoms with Gasteiger partial charge in [0.15, 0.2) is 6.10 Å². The van der Waals surface area contributed by atoms with Gasteiger partial charge in [-0.15, -0.1) is 0 Å². The van der Waals surface area contributed by atoms with Crippen molar-refractivity contribution < 1.29 is 19.4 Å². The summed E-state index contributed by atoms with van der Waals surface area (Å²) < 4.78 is 4.45. The highest BCUT2D eigenvalue weighted by Gasteiger charge is 2.48. The lowest BCUT2D eigenvalue weighted by molar-refractivity contribution is -0.154. The van der Waals surface area contributed by atoms with Gasteiger partial charge in [-0.1, -0.05) is 36.4 Å². The summed E-state index contributed by atoms with van der Waals surface area (Å²) in [6.07, 6.45) is 2.37. The molecule has 1 aromatic carbocycles. The molecule has 0 saturated carbocycles. The first-order valence-electron chi connectivity index (χ1n) is 5.39. The predicted molar refractivity (Wildman–Crippen MR) is 58.8 cm³/mol. The summed E-state index contributed by atoms with van der Waals surface area (Å²) >= 11 is 0. The summed E-state index contributed by atoms with van der Waals surface area (Å²) in [4.78, 5) is 22.7. The summed E-state index contributed by atoms with van der Waals surface area (Å²) in [6.45, 7) is 0. The number of cyclic esters (lactones) is 2. The Bertz CT molecular complexity index is 532. The first-order valence-corrected chi connectivity index (χ1v) is 5.39. The fourth-order valence-electron chi connectivity index (χ4n) is 2.44. The average molecular weight is 230 g/mol. The van der Waals surface area contributed by atoms with Crippen molar-refractivity contribution in [2.45, 2.75) is 12.0 Å². The van der Waals surface area contributed by atoms with Crippen LogP contribution in [0.25, 0.3) is 6.08 Å². The number of fused-ring (bicyclic) bond motifs is 1. The van der Waals surface area contributed by atoms with Gasteiger partial charge in [0.25, 0.3) is 0 Å². The number of hydrogen-bond donors (Lipinski definition) is 1. The zero-order chi connectivity index (χ0) is 12.0. The Hall–Kier alpha value is -1.94. The molecule has 1 aliphatic carbocycles. The zero-order valence-corrected chi connectivity index (χ0v) is 8.87. The molecule has 4 heteroatoms. The van der Waals surface area contributed by atoms with Crippen molar-refractivity contribution in [2.75, 3.05) is 0 Å². The molecule has 0 amide bonds. The maximum absolute atomic E-state index is 11.6. The van der Waals surface area contributed by atoms with Crippen LogP contribution >= 0.6 is 0 Å². The van der Waals surface area contributed by atoms with Crippen molar-refractivity contribution in [1.82, 2.24) is 0 Å². The minimum atomic E-state index is -1.36. The van der Waals surface area contributed by atoms with Gasteiger partial charge in [-0.3, -0.25) is 4.79 Å². The highest BCUT2D eigenvalue weighted by molar-refractivity contribution is 5.99. The molecule has 0 spiro atoms. The summed E-state index contributed by atoms with van der Waals surface area (Å²) in [5.41, 5.74) is 1.96. The molecule has 1 saturated heterocycles. The van der Waals surface area contributed by atoms with Crippen LogP contribution in [0.15, 0.2) is 30.3 Å². The molecule has 86 valence electrons. The molecule has 4 nitrogen and oxygen atoms in total. The molecule has 3 rings (SSSR count). The number of aliphatic hydroxyl groups excluding tert-OH is 1. The third kappa shape index (κ3) is 1.41. The van der Waals surface area contributed by atoms with E-state index in [1.54, 1.807) is 0 Å². The van der Waals surface area contributed by atoms with E-state index in [0.717, 1.165) is 11.1 Å². The molecule has 1 heterocycles. The van der Waals surface area contributed by atoms with Crippen molar-refractivity contribution in [3.63, 3.8) is 0 Å². The van der Waals surface area contributed by atoms with E-state index in [2.05, 4.69) is 4.74 Å². The van der Waals surface area contributed by atoms with Crippen molar-refractivity contribution in [2.24, 2.45) is 5.92 Å². The number of hydrogen-bond acceptors (Lipinski definition) is 4. The van der Waals surface area contributed by atoms with Crippen LogP contribution in [0.1, 0.15) is 17.0 Å². The quantitative estimate of drug-likeness (QED) is 0.574. The van der Waals surface area contributed by atoms with Gasteiger partial charge in [0.2, 0.25) is 0 Å². The molecular weight excluding hydrogens is 220 g/mol. The first kappa shape index (κ1) is 10.2. The molecule has 17 heavy (non-hydrogen) atoms. The SMILES string of the molecule is O=C1OC(=O)C(C2C=Cc3ccccc32)C1O. The van der Waals surface area contributed by atoms with Gasteiger partial charge in [-0.2, -0.15) is 0 Å². The van der Waals surface area contributed by atoms with Crippen LogP contribution in [0.3, 0.4) is 0 Å². The number of benzene rings is 1. The fraction of sp³-hybridized carbons (Fsp3) is 0.231. The van der Waals surface area contributed by atoms with E-state index in [-0.39, 0.29) is 5.92 Å². The second kappa shape index (κ2) is 3.53. The third-order valence-corrected chi connectivity index (χ3v) is 3.28. The number of esters is 2. The third-order valence-electron chi connectivity index (χ3n) is 3.28. The van der Waals surface area contributed by atoms with E-state index < -0.39 is 24.0 Å². The van der Waals surface area contributed by atoms with Crippen LogP contribution < -0.4 is 0 Å². The van der Waals surface area contributed by atoms with E-state index in [1.807, 2.05) is 36.4 Å². The second-order valence-corrected chi connectivity index (χ2v) is 4.22. The molecule has 1 N–H and O–H groups in total. The van der Waals surface area contributed by atoms with Gasteiger partial charge in [-0.05, 0) is 11.1 Å². The van der Waals surface area contributed by atoms with Crippen LogP contribution in [0.2, 0.25) is 0 Å². The number of aliphatic hydroxyl groups is 1. The first-order chi connectivity index (χ1) is 8.18.